The quantitative estimate of drug-likeness (QED) is 0.399. The van der Waals surface area contributed by atoms with Gasteiger partial charge in [0.15, 0.2) is 11.3 Å². The number of methoxy groups -OCH3 is 1. The van der Waals surface area contributed by atoms with Crippen LogP contribution in [-0.4, -0.2) is 22.9 Å². The van der Waals surface area contributed by atoms with Gasteiger partial charge in [-0.2, -0.15) is 0 Å². The maximum Gasteiger partial charge on any atom is 0.349 e. The molecule has 0 bridgehead atoms. The van der Waals surface area contributed by atoms with E-state index in [0.29, 0.717) is 17.2 Å². The number of hydrogen-bond acceptors (Lipinski definition) is 8. The minimum atomic E-state index is -0.973. The van der Waals surface area contributed by atoms with Crippen molar-refractivity contribution in [2.45, 2.75) is 0 Å². The van der Waals surface area contributed by atoms with Crippen molar-refractivity contribution < 1.29 is 23.8 Å². The smallest absolute Gasteiger partial charge is 0.349 e. The van der Waals surface area contributed by atoms with Gasteiger partial charge in [-0.05, 0) is 18.2 Å². The minimum absolute atomic E-state index is 0.146. The van der Waals surface area contributed by atoms with Crippen LogP contribution in [0.25, 0.3) is 11.0 Å². The number of carbonyl (C=O) groups is 1. The molecule has 1 heterocycles. The third-order valence-corrected chi connectivity index (χ3v) is 3.83. The largest absolute Gasteiger partial charge is 0.493 e. The van der Waals surface area contributed by atoms with Crippen LogP contribution < -0.4 is 15.7 Å². The normalized spacial score (nSPS) is 10.5. The van der Waals surface area contributed by atoms with Gasteiger partial charge in [-0.1, -0.05) is 12.1 Å². The molecule has 11 heteroatoms. The summed E-state index contributed by atoms with van der Waals surface area (Å²) in [5.74, 6) is -0.664. The van der Waals surface area contributed by atoms with E-state index >= 15 is 0 Å². The summed E-state index contributed by atoms with van der Waals surface area (Å²) >= 11 is 0. The van der Waals surface area contributed by atoms with Gasteiger partial charge in [0.25, 0.3) is 17.3 Å². The second-order valence-corrected chi connectivity index (χ2v) is 5.50. The molecule has 28 heavy (non-hydrogen) atoms. The summed E-state index contributed by atoms with van der Waals surface area (Å²) in [4.78, 5) is 44.9. The molecule has 0 aliphatic heterocycles. The first-order valence-electron chi connectivity index (χ1n) is 7.67. The fourth-order valence-corrected chi connectivity index (χ4v) is 2.52. The Hall–Kier alpha value is -4.28. The highest BCUT2D eigenvalue weighted by Gasteiger charge is 2.23. The summed E-state index contributed by atoms with van der Waals surface area (Å²) in [6.07, 6.45) is 0. The third-order valence-electron chi connectivity index (χ3n) is 3.83. The Balaban J connectivity index is 2.02. The first kappa shape index (κ1) is 18.5. The van der Waals surface area contributed by atoms with Gasteiger partial charge < -0.3 is 14.5 Å². The Morgan fingerprint density at radius 2 is 1.86 bits per heavy atom. The lowest BCUT2D eigenvalue weighted by Crippen LogP contribution is -2.21. The zero-order valence-electron chi connectivity index (χ0n) is 14.2. The lowest BCUT2D eigenvalue weighted by atomic mass is 10.1. The number of anilines is 1. The van der Waals surface area contributed by atoms with Gasteiger partial charge in [0.2, 0.25) is 0 Å². The van der Waals surface area contributed by atoms with E-state index in [9.17, 15) is 29.8 Å². The van der Waals surface area contributed by atoms with E-state index in [1.165, 1.54) is 13.2 Å². The number of hydrogen-bond donors (Lipinski definition) is 1. The van der Waals surface area contributed by atoms with Crippen LogP contribution in [0.4, 0.5) is 17.1 Å². The maximum absolute atomic E-state index is 12.5. The van der Waals surface area contributed by atoms with Gasteiger partial charge in [0, 0.05) is 11.5 Å². The highest BCUT2D eigenvalue weighted by molar-refractivity contribution is 6.06. The van der Waals surface area contributed by atoms with Crippen molar-refractivity contribution in [2.24, 2.45) is 0 Å². The number of benzene rings is 2. The van der Waals surface area contributed by atoms with Gasteiger partial charge in [-0.25, -0.2) is 4.79 Å². The van der Waals surface area contributed by atoms with Crippen molar-refractivity contribution in [1.82, 2.24) is 0 Å². The maximum atomic E-state index is 12.5. The molecule has 0 aliphatic carbocycles. The average Bonchev–Trinajstić information content (AvgIpc) is 2.66. The SMILES string of the molecule is COc1cccc2cc(C(=O)Nc3ccc([N+](=O)[O-])cc3[N+](=O)[O-])c(=O)oc12. The van der Waals surface area contributed by atoms with E-state index in [0.717, 1.165) is 12.1 Å². The van der Waals surface area contributed by atoms with Crippen molar-refractivity contribution in [3.05, 3.63) is 78.7 Å². The molecule has 0 atom stereocenters. The molecule has 0 fully saturated rings. The number of amides is 1. The Bertz CT molecular complexity index is 1180. The molecule has 1 N–H and O–H groups in total. The monoisotopic (exact) mass is 385 g/mol. The third kappa shape index (κ3) is 3.35. The van der Waals surface area contributed by atoms with Crippen LogP contribution in [-0.2, 0) is 0 Å². The molecular weight excluding hydrogens is 374 g/mol. The number of para-hydroxylation sites is 1. The Morgan fingerprint density at radius 1 is 1.11 bits per heavy atom. The molecule has 11 nitrogen and oxygen atoms in total. The highest BCUT2D eigenvalue weighted by Crippen LogP contribution is 2.29. The number of ether oxygens (including phenoxy) is 1. The molecule has 0 aliphatic rings. The highest BCUT2D eigenvalue weighted by atomic mass is 16.6. The number of nitro benzene ring substituents is 2. The van der Waals surface area contributed by atoms with Gasteiger partial charge in [-0.3, -0.25) is 25.0 Å². The van der Waals surface area contributed by atoms with E-state index in [1.807, 2.05) is 0 Å². The second kappa shape index (κ2) is 7.15. The zero-order chi connectivity index (χ0) is 20.4. The lowest BCUT2D eigenvalue weighted by molar-refractivity contribution is -0.393. The molecule has 0 unspecified atom stereocenters. The lowest BCUT2D eigenvalue weighted by Gasteiger charge is -2.07. The number of carbonyl (C=O) groups excluding carboxylic acids is 1. The molecule has 0 saturated heterocycles. The summed E-state index contributed by atoms with van der Waals surface area (Å²) in [6.45, 7) is 0. The standard InChI is InChI=1S/C17H11N3O8/c1-27-14-4-2-3-9-7-11(17(22)28-15(9)14)16(21)18-12-6-5-10(19(23)24)8-13(12)20(25)26/h2-8H,1H3,(H,18,21). The molecule has 2 aromatic carbocycles. The van der Waals surface area contributed by atoms with Crippen molar-refractivity contribution in [3.8, 4) is 5.75 Å². The van der Waals surface area contributed by atoms with Crippen LogP contribution in [0.5, 0.6) is 5.75 Å². The minimum Gasteiger partial charge on any atom is -0.493 e. The van der Waals surface area contributed by atoms with Gasteiger partial charge in [-0.15, -0.1) is 0 Å². The first-order chi connectivity index (χ1) is 13.3. The summed E-state index contributed by atoms with van der Waals surface area (Å²) in [6, 6.07) is 8.77. The van der Waals surface area contributed by atoms with Crippen molar-refractivity contribution in [1.29, 1.82) is 0 Å². The van der Waals surface area contributed by atoms with Gasteiger partial charge in [0.05, 0.1) is 23.0 Å². The summed E-state index contributed by atoms with van der Waals surface area (Å²) < 4.78 is 10.2. The number of nitrogens with zero attached hydrogens (tertiary/aromatic N) is 2. The Labute approximate surface area is 155 Å². The van der Waals surface area contributed by atoms with E-state index < -0.39 is 38.3 Å². The number of rotatable bonds is 5. The molecule has 1 amide bonds. The zero-order valence-corrected chi connectivity index (χ0v) is 14.2. The first-order valence-corrected chi connectivity index (χ1v) is 7.67. The van der Waals surface area contributed by atoms with Crippen molar-refractivity contribution in [3.63, 3.8) is 0 Å². The molecule has 1 aromatic heterocycles. The average molecular weight is 385 g/mol. The summed E-state index contributed by atoms with van der Waals surface area (Å²) in [7, 11) is 1.39. The van der Waals surface area contributed by atoms with Crippen LogP contribution in [0.1, 0.15) is 10.4 Å². The predicted octanol–water partition coefficient (Wildman–Crippen LogP) is 2.87. The number of non-ortho nitro benzene ring substituents is 1. The number of fused-ring (bicyclic) bond motifs is 1. The Kier molecular flexibility index (Phi) is 4.73. The van der Waals surface area contributed by atoms with Gasteiger partial charge >= 0.3 is 5.63 Å². The van der Waals surface area contributed by atoms with Crippen LogP contribution >= 0.6 is 0 Å². The Morgan fingerprint density at radius 3 is 2.50 bits per heavy atom. The van der Waals surface area contributed by atoms with Crippen molar-refractivity contribution >= 4 is 33.9 Å². The topological polar surface area (TPSA) is 155 Å². The van der Waals surface area contributed by atoms with Crippen molar-refractivity contribution in [2.75, 3.05) is 12.4 Å². The second-order valence-electron chi connectivity index (χ2n) is 5.50. The van der Waals surface area contributed by atoms with E-state index in [1.54, 1.807) is 18.2 Å². The molecule has 0 spiro atoms. The van der Waals surface area contributed by atoms with E-state index in [-0.39, 0.29) is 11.3 Å². The van der Waals surface area contributed by atoms with Crippen LogP contribution in [0, 0.1) is 20.2 Å². The fourth-order valence-electron chi connectivity index (χ4n) is 2.52. The molecule has 3 aromatic rings. The van der Waals surface area contributed by atoms with Crippen LogP contribution in [0.15, 0.2) is 51.7 Å². The fraction of sp³-hybridized carbons (Fsp3) is 0.0588. The number of nitro groups is 2. The molecule has 3 rings (SSSR count). The van der Waals surface area contributed by atoms with E-state index in [2.05, 4.69) is 5.32 Å². The molecule has 0 radical (unpaired) electrons. The summed E-state index contributed by atoms with van der Waals surface area (Å²) in [5.41, 5.74) is -2.72. The van der Waals surface area contributed by atoms with Gasteiger partial charge in [0.1, 0.15) is 11.3 Å². The molecule has 142 valence electrons. The van der Waals surface area contributed by atoms with Crippen LogP contribution in [0.3, 0.4) is 0 Å². The molecular formula is C17H11N3O8. The van der Waals surface area contributed by atoms with Crippen LogP contribution in [0.2, 0.25) is 0 Å². The number of nitrogens with one attached hydrogen (secondary N) is 1. The molecule has 0 saturated carbocycles. The predicted molar refractivity (Wildman–Crippen MR) is 96.7 cm³/mol. The van der Waals surface area contributed by atoms with E-state index in [4.69, 9.17) is 9.15 Å². The summed E-state index contributed by atoms with van der Waals surface area (Å²) in [5, 5.41) is 24.6.